The third-order valence-electron chi connectivity index (χ3n) is 2.69. The number of hydrogen-bond donors (Lipinski definition) is 1. The molecule has 18 heavy (non-hydrogen) atoms. The van der Waals surface area contributed by atoms with Crippen molar-refractivity contribution in [3.05, 3.63) is 67.5 Å². The molecule has 2 aromatic rings. The largest absolute Gasteiger partial charge is 0.388 e. The summed E-state index contributed by atoms with van der Waals surface area (Å²) in [5.74, 6) is -0.289. The molecule has 0 spiro atoms. The van der Waals surface area contributed by atoms with Crippen molar-refractivity contribution in [2.24, 2.45) is 0 Å². The first kappa shape index (κ1) is 14.0. The highest BCUT2D eigenvalue weighted by Gasteiger charge is 2.14. The summed E-state index contributed by atoms with van der Waals surface area (Å²) in [4.78, 5) is 0. The Kier molecular flexibility index (Phi) is 4.75. The summed E-state index contributed by atoms with van der Waals surface area (Å²) >= 11 is 5.48. The van der Waals surface area contributed by atoms with Crippen LogP contribution in [-0.4, -0.2) is 5.11 Å². The zero-order valence-electron chi connectivity index (χ0n) is 9.41. The molecule has 0 heterocycles. The van der Waals surface area contributed by atoms with E-state index in [1.54, 1.807) is 12.1 Å². The van der Waals surface area contributed by atoms with Crippen molar-refractivity contribution < 1.29 is 9.50 Å². The Labute approximate surface area is 127 Å². The Bertz CT molecular complexity index is 559. The lowest BCUT2D eigenvalue weighted by molar-refractivity contribution is 0.176. The van der Waals surface area contributed by atoms with E-state index in [9.17, 15) is 9.50 Å². The number of hydrogen-bond acceptors (Lipinski definition) is 1. The van der Waals surface area contributed by atoms with Gasteiger partial charge in [0.15, 0.2) is 0 Å². The molecule has 1 atom stereocenters. The summed E-state index contributed by atoms with van der Waals surface area (Å²) in [6, 6.07) is 12.3. The van der Waals surface area contributed by atoms with Gasteiger partial charge in [-0.3, -0.25) is 0 Å². The normalized spacial score (nSPS) is 12.4. The van der Waals surface area contributed by atoms with E-state index in [4.69, 9.17) is 0 Å². The molecule has 0 saturated carbocycles. The fourth-order valence-electron chi connectivity index (χ4n) is 1.76. The predicted molar refractivity (Wildman–Crippen MR) is 81.9 cm³/mol. The number of halogens is 3. The first-order valence-corrected chi connectivity index (χ1v) is 7.31. The van der Waals surface area contributed by atoms with Crippen LogP contribution < -0.4 is 0 Å². The van der Waals surface area contributed by atoms with Crippen molar-refractivity contribution in [1.29, 1.82) is 0 Å². The Morgan fingerprint density at radius 1 is 1.22 bits per heavy atom. The fraction of sp³-hybridized carbons (Fsp3) is 0.143. The van der Waals surface area contributed by atoms with Gasteiger partial charge in [-0.05, 0) is 58.0 Å². The molecule has 1 nitrogen and oxygen atoms in total. The van der Waals surface area contributed by atoms with Crippen molar-refractivity contribution in [2.45, 2.75) is 12.5 Å². The van der Waals surface area contributed by atoms with E-state index in [2.05, 4.69) is 38.5 Å². The van der Waals surface area contributed by atoms with Gasteiger partial charge in [0.1, 0.15) is 5.82 Å². The maximum absolute atomic E-state index is 13.6. The molecule has 2 rings (SSSR count). The van der Waals surface area contributed by atoms with E-state index >= 15 is 0 Å². The van der Waals surface area contributed by atoms with E-state index in [1.807, 2.05) is 24.3 Å². The SMILES string of the molecule is OC(Cc1cc(Br)ccc1F)c1ccccc1I. The highest BCUT2D eigenvalue weighted by Crippen LogP contribution is 2.25. The third kappa shape index (κ3) is 3.30. The van der Waals surface area contributed by atoms with Crippen LogP contribution in [-0.2, 0) is 6.42 Å². The Hall–Kier alpha value is -0.460. The lowest BCUT2D eigenvalue weighted by atomic mass is 10.0. The molecule has 0 aliphatic carbocycles. The van der Waals surface area contributed by atoms with Crippen LogP contribution in [0, 0.1) is 9.39 Å². The standard InChI is InChI=1S/C14H11BrFIO/c15-10-5-6-12(16)9(7-10)8-14(18)11-3-1-2-4-13(11)17/h1-7,14,18H,8H2. The van der Waals surface area contributed by atoms with Gasteiger partial charge in [-0.15, -0.1) is 0 Å². The maximum Gasteiger partial charge on any atom is 0.126 e. The molecule has 0 saturated heterocycles. The summed E-state index contributed by atoms with van der Waals surface area (Å²) in [6.45, 7) is 0. The van der Waals surface area contributed by atoms with E-state index in [-0.39, 0.29) is 12.2 Å². The molecule has 0 fully saturated rings. The van der Waals surface area contributed by atoms with E-state index in [0.29, 0.717) is 5.56 Å². The summed E-state index contributed by atoms with van der Waals surface area (Å²) < 4.78 is 15.4. The minimum atomic E-state index is -0.693. The monoisotopic (exact) mass is 420 g/mol. The molecule has 4 heteroatoms. The Balaban J connectivity index is 2.24. The molecule has 1 unspecified atom stereocenters. The smallest absolute Gasteiger partial charge is 0.126 e. The number of aliphatic hydroxyl groups is 1. The zero-order chi connectivity index (χ0) is 13.1. The molecule has 1 N–H and O–H groups in total. The second kappa shape index (κ2) is 6.12. The fourth-order valence-corrected chi connectivity index (χ4v) is 2.92. The van der Waals surface area contributed by atoms with E-state index in [1.165, 1.54) is 6.07 Å². The van der Waals surface area contributed by atoms with Gasteiger partial charge in [-0.25, -0.2) is 4.39 Å². The summed E-state index contributed by atoms with van der Waals surface area (Å²) in [7, 11) is 0. The summed E-state index contributed by atoms with van der Waals surface area (Å²) in [5, 5.41) is 10.2. The highest BCUT2D eigenvalue weighted by atomic mass is 127. The molecule has 94 valence electrons. The van der Waals surface area contributed by atoms with Crippen LogP contribution >= 0.6 is 38.5 Å². The van der Waals surface area contributed by atoms with Crippen molar-refractivity contribution >= 4 is 38.5 Å². The van der Waals surface area contributed by atoms with Gasteiger partial charge in [0, 0.05) is 14.5 Å². The zero-order valence-corrected chi connectivity index (χ0v) is 13.2. The van der Waals surface area contributed by atoms with Gasteiger partial charge >= 0.3 is 0 Å². The van der Waals surface area contributed by atoms with Crippen LogP contribution in [0.5, 0.6) is 0 Å². The molecule has 0 aliphatic rings. The van der Waals surface area contributed by atoms with Crippen molar-refractivity contribution in [1.82, 2.24) is 0 Å². The Morgan fingerprint density at radius 3 is 2.67 bits per heavy atom. The highest BCUT2D eigenvalue weighted by molar-refractivity contribution is 14.1. The molecule has 0 amide bonds. The molecule has 0 radical (unpaired) electrons. The van der Waals surface area contributed by atoms with Gasteiger partial charge in [0.25, 0.3) is 0 Å². The van der Waals surface area contributed by atoms with Crippen LogP contribution in [0.15, 0.2) is 46.9 Å². The first-order valence-electron chi connectivity index (χ1n) is 5.44. The molecule has 0 aromatic heterocycles. The minimum Gasteiger partial charge on any atom is -0.388 e. The predicted octanol–water partition coefficient (Wildman–Crippen LogP) is 4.47. The minimum absolute atomic E-state index is 0.269. The van der Waals surface area contributed by atoms with Crippen LogP contribution in [0.2, 0.25) is 0 Å². The van der Waals surface area contributed by atoms with Crippen LogP contribution in [0.1, 0.15) is 17.2 Å². The van der Waals surface area contributed by atoms with E-state index in [0.717, 1.165) is 13.6 Å². The number of benzene rings is 2. The number of aliphatic hydroxyl groups excluding tert-OH is 1. The third-order valence-corrected chi connectivity index (χ3v) is 4.16. The van der Waals surface area contributed by atoms with Gasteiger partial charge in [-0.1, -0.05) is 34.1 Å². The second-order valence-electron chi connectivity index (χ2n) is 3.98. The lowest BCUT2D eigenvalue weighted by Gasteiger charge is -2.13. The Morgan fingerprint density at radius 2 is 1.94 bits per heavy atom. The second-order valence-corrected chi connectivity index (χ2v) is 6.06. The van der Waals surface area contributed by atoms with Crippen molar-refractivity contribution in [3.8, 4) is 0 Å². The van der Waals surface area contributed by atoms with Crippen LogP contribution in [0.25, 0.3) is 0 Å². The van der Waals surface area contributed by atoms with Crippen molar-refractivity contribution in [2.75, 3.05) is 0 Å². The number of rotatable bonds is 3. The van der Waals surface area contributed by atoms with Gasteiger partial charge < -0.3 is 5.11 Å². The maximum atomic E-state index is 13.6. The molecule has 0 bridgehead atoms. The van der Waals surface area contributed by atoms with Crippen LogP contribution in [0.4, 0.5) is 4.39 Å². The molecular formula is C14H11BrFIO. The first-order chi connectivity index (χ1) is 8.58. The van der Waals surface area contributed by atoms with Gasteiger partial charge in [0.2, 0.25) is 0 Å². The lowest BCUT2D eigenvalue weighted by Crippen LogP contribution is -2.05. The van der Waals surface area contributed by atoms with Gasteiger partial charge in [-0.2, -0.15) is 0 Å². The average molecular weight is 421 g/mol. The van der Waals surface area contributed by atoms with Crippen molar-refractivity contribution in [3.63, 3.8) is 0 Å². The quantitative estimate of drug-likeness (QED) is 0.726. The molecular weight excluding hydrogens is 410 g/mol. The summed E-state index contributed by atoms with van der Waals surface area (Å²) in [6.07, 6.45) is -0.424. The van der Waals surface area contributed by atoms with E-state index < -0.39 is 6.10 Å². The average Bonchev–Trinajstić information content (AvgIpc) is 2.34. The topological polar surface area (TPSA) is 20.2 Å². The van der Waals surface area contributed by atoms with Gasteiger partial charge in [0.05, 0.1) is 6.10 Å². The molecule has 0 aliphatic heterocycles. The summed E-state index contributed by atoms with van der Waals surface area (Å²) in [5.41, 5.74) is 1.34. The molecule has 2 aromatic carbocycles. The van der Waals surface area contributed by atoms with Crippen LogP contribution in [0.3, 0.4) is 0 Å².